The fraction of sp³-hybridized carbons (Fsp3) is 0.667. The maximum atomic E-state index is 13.0. The third kappa shape index (κ3) is 3.67. The minimum Gasteiger partial charge on any atom is -0.372 e. The molecule has 2 aliphatic rings. The Kier molecular flexibility index (Phi) is 4.81. The molecule has 122 valence electrons. The van der Waals surface area contributed by atoms with Crippen molar-refractivity contribution in [3.05, 3.63) is 35.6 Å². The van der Waals surface area contributed by atoms with Gasteiger partial charge in [-0.05, 0) is 45.0 Å². The first kappa shape index (κ1) is 15.9. The molecule has 0 N–H and O–H groups in total. The van der Waals surface area contributed by atoms with Crippen LogP contribution in [0.1, 0.15) is 25.8 Å². The van der Waals surface area contributed by atoms with Gasteiger partial charge in [-0.3, -0.25) is 4.90 Å². The van der Waals surface area contributed by atoms with Crippen molar-refractivity contribution in [1.82, 2.24) is 9.80 Å². The maximum absolute atomic E-state index is 13.0. The predicted octanol–water partition coefficient (Wildman–Crippen LogP) is 2.76. The van der Waals surface area contributed by atoms with E-state index in [0.717, 1.165) is 26.2 Å². The van der Waals surface area contributed by atoms with Crippen LogP contribution in [-0.4, -0.2) is 54.7 Å². The first-order chi connectivity index (χ1) is 10.5. The normalized spacial score (nSPS) is 28.7. The molecule has 4 heteroatoms. The lowest BCUT2D eigenvalue weighted by molar-refractivity contribution is 0.0171. The predicted molar refractivity (Wildman–Crippen MR) is 86.2 cm³/mol. The summed E-state index contributed by atoms with van der Waals surface area (Å²) in [7, 11) is 2.17. The second kappa shape index (κ2) is 6.65. The summed E-state index contributed by atoms with van der Waals surface area (Å²) in [5, 5.41) is 0. The van der Waals surface area contributed by atoms with E-state index in [1.54, 1.807) is 12.1 Å². The number of nitrogens with zero attached hydrogens (tertiary/aromatic N) is 2. The molecule has 0 bridgehead atoms. The van der Waals surface area contributed by atoms with Crippen LogP contribution in [0.2, 0.25) is 0 Å². The van der Waals surface area contributed by atoms with Crippen LogP contribution in [-0.2, 0) is 11.3 Å². The molecule has 2 fully saturated rings. The van der Waals surface area contributed by atoms with E-state index in [1.807, 2.05) is 12.1 Å². The van der Waals surface area contributed by atoms with E-state index in [-0.39, 0.29) is 5.82 Å². The zero-order chi connectivity index (χ0) is 15.7. The molecule has 0 amide bonds. The molecule has 0 spiro atoms. The average molecular weight is 306 g/mol. The van der Waals surface area contributed by atoms with Crippen molar-refractivity contribution < 1.29 is 9.13 Å². The lowest BCUT2D eigenvalue weighted by Gasteiger charge is -2.25. The van der Waals surface area contributed by atoms with Gasteiger partial charge in [-0.1, -0.05) is 12.1 Å². The molecule has 0 unspecified atom stereocenters. The first-order valence-corrected chi connectivity index (χ1v) is 8.33. The smallest absolute Gasteiger partial charge is 0.123 e. The molecule has 3 nitrogen and oxygen atoms in total. The second-order valence-electron chi connectivity index (χ2n) is 7.15. The van der Waals surface area contributed by atoms with Gasteiger partial charge >= 0.3 is 0 Å². The molecule has 3 rings (SSSR count). The van der Waals surface area contributed by atoms with E-state index in [0.29, 0.717) is 24.2 Å². The fourth-order valence-electron chi connectivity index (χ4n) is 3.57. The Hall–Kier alpha value is -0.970. The van der Waals surface area contributed by atoms with E-state index in [1.165, 1.54) is 12.0 Å². The Balaban J connectivity index is 1.48. The third-order valence-corrected chi connectivity index (χ3v) is 5.08. The van der Waals surface area contributed by atoms with Gasteiger partial charge in [-0.25, -0.2) is 4.39 Å². The Morgan fingerprint density at radius 3 is 2.64 bits per heavy atom. The molecular formula is C18H27FN2O. The number of hydrogen-bond acceptors (Lipinski definition) is 3. The SMILES string of the molecule is CC(C)N(C)C[C@H]1C[C@@H]2CN(Cc3ccc(F)cc3)C[C@@H]2O1. The largest absolute Gasteiger partial charge is 0.372 e. The van der Waals surface area contributed by atoms with Crippen LogP contribution in [0.15, 0.2) is 24.3 Å². The van der Waals surface area contributed by atoms with Gasteiger partial charge < -0.3 is 9.64 Å². The van der Waals surface area contributed by atoms with Crippen molar-refractivity contribution in [1.29, 1.82) is 0 Å². The lowest BCUT2D eigenvalue weighted by Crippen LogP contribution is -2.35. The van der Waals surface area contributed by atoms with Gasteiger partial charge in [-0.2, -0.15) is 0 Å². The summed E-state index contributed by atoms with van der Waals surface area (Å²) in [6.07, 6.45) is 1.93. The number of ether oxygens (including phenoxy) is 1. The summed E-state index contributed by atoms with van der Waals surface area (Å²) < 4.78 is 19.2. The minimum atomic E-state index is -0.164. The summed E-state index contributed by atoms with van der Waals surface area (Å²) in [4.78, 5) is 4.80. The van der Waals surface area contributed by atoms with E-state index >= 15 is 0 Å². The highest BCUT2D eigenvalue weighted by Crippen LogP contribution is 2.34. The Labute approximate surface area is 133 Å². The molecule has 0 aromatic heterocycles. The number of hydrogen-bond donors (Lipinski definition) is 0. The molecule has 0 aliphatic carbocycles. The van der Waals surface area contributed by atoms with Crippen LogP contribution < -0.4 is 0 Å². The molecule has 2 saturated heterocycles. The van der Waals surface area contributed by atoms with Gasteiger partial charge in [0.1, 0.15) is 5.82 Å². The van der Waals surface area contributed by atoms with Gasteiger partial charge in [0.25, 0.3) is 0 Å². The molecule has 0 radical (unpaired) electrons. The molecule has 1 aromatic carbocycles. The van der Waals surface area contributed by atoms with Crippen LogP contribution in [0.25, 0.3) is 0 Å². The summed E-state index contributed by atoms with van der Waals surface area (Å²) in [5.41, 5.74) is 1.18. The maximum Gasteiger partial charge on any atom is 0.123 e. The second-order valence-corrected chi connectivity index (χ2v) is 7.15. The summed E-state index contributed by atoms with van der Waals surface area (Å²) in [6, 6.07) is 7.41. The fourth-order valence-corrected chi connectivity index (χ4v) is 3.57. The molecular weight excluding hydrogens is 279 g/mol. The van der Waals surface area contributed by atoms with Crippen molar-refractivity contribution in [2.45, 2.75) is 45.1 Å². The number of halogens is 1. The van der Waals surface area contributed by atoms with E-state index in [9.17, 15) is 4.39 Å². The van der Waals surface area contributed by atoms with E-state index < -0.39 is 0 Å². The highest BCUT2D eigenvalue weighted by atomic mass is 19.1. The summed E-state index contributed by atoms with van der Waals surface area (Å²) in [5.74, 6) is 0.494. The Morgan fingerprint density at radius 2 is 2.00 bits per heavy atom. The standard InChI is InChI=1S/C18H27FN2O/c1-13(2)20(3)11-17-8-15-10-21(12-18(15)22-17)9-14-4-6-16(19)7-5-14/h4-7,13,15,17-18H,8-12H2,1-3H3/t15-,17-,18+/m1/s1. The number of benzene rings is 1. The number of rotatable bonds is 5. The molecule has 2 heterocycles. The van der Waals surface area contributed by atoms with Crippen molar-refractivity contribution in [2.75, 3.05) is 26.7 Å². The average Bonchev–Trinajstić information content (AvgIpc) is 2.99. The van der Waals surface area contributed by atoms with Crippen molar-refractivity contribution >= 4 is 0 Å². The van der Waals surface area contributed by atoms with Gasteiger partial charge in [0.05, 0.1) is 12.2 Å². The van der Waals surface area contributed by atoms with Crippen LogP contribution in [0.5, 0.6) is 0 Å². The van der Waals surface area contributed by atoms with E-state index in [4.69, 9.17) is 4.74 Å². The number of likely N-dealkylation sites (tertiary alicyclic amines) is 1. The van der Waals surface area contributed by atoms with E-state index in [2.05, 4.69) is 30.7 Å². The lowest BCUT2D eigenvalue weighted by atomic mass is 10.0. The number of fused-ring (bicyclic) bond motifs is 1. The Bertz CT molecular complexity index is 476. The van der Waals surface area contributed by atoms with Crippen LogP contribution in [0.3, 0.4) is 0 Å². The zero-order valence-corrected chi connectivity index (χ0v) is 13.8. The van der Waals surface area contributed by atoms with Gasteiger partial charge in [-0.15, -0.1) is 0 Å². The van der Waals surface area contributed by atoms with Crippen LogP contribution >= 0.6 is 0 Å². The molecule has 3 atom stereocenters. The Morgan fingerprint density at radius 1 is 1.27 bits per heavy atom. The van der Waals surface area contributed by atoms with Crippen molar-refractivity contribution in [2.24, 2.45) is 5.92 Å². The minimum absolute atomic E-state index is 0.164. The molecule has 1 aromatic rings. The van der Waals surface area contributed by atoms with Gasteiger partial charge in [0.15, 0.2) is 0 Å². The number of likely N-dealkylation sites (N-methyl/N-ethyl adjacent to an activating group) is 1. The van der Waals surface area contributed by atoms with Crippen LogP contribution in [0.4, 0.5) is 4.39 Å². The van der Waals surface area contributed by atoms with Crippen molar-refractivity contribution in [3.8, 4) is 0 Å². The molecule has 22 heavy (non-hydrogen) atoms. The highest BCUT2D eigenvalue weighted by Gasteiger charge is 2.41. The highest BCUT2D eigenvalue weighted by molar-refractivity contribution is 5.16. The summed E-state index contributed by atoms with van der Waals surface area (Å²) in [6.45, 7) is 8.48. The molecule has 2 aliphatic heterocycles. The van der Waals surface area contributed by atoms with Gasteiger partial charge in [0, 0.05) is 38.1 Å². The topological polar surface area (TPSA) is 15.7 Å². The molecule has 0 saturated carbocycles. The third-order valence-electron chi connectivity index (χ3n) is 5.08. The van der Waals surface area contributed by atoms with Crippen LogP contribution in [0, 0.1) is 11.7 Å². The first-order valence-electron chi connectivity index (χ1n) is 8.33. The quantitative estimate of drug-likeness (QED) is 0.832. The van der Waals surface area contributed by atoms with Gasteiger partial charge in [0.2, 0.25) is 0 Å². The van der Waals surface area contributed by atoms with Crippen molar-refractivity contribution in [3.63, 3.8) is 0 Å². The zero-order valence-electron chi connectivity index (χ0n) is 13.8. The monoisotopic (exact) mass is 306 g/mol. The summed E-state index contributed by atoms with van der Waals surface area (Å²) >= 11 is 0.